The van der Waals surface area contributed by atoms with E-state index in [9.17, 15) is 14.7 Å². The molecule has 0 radical (unpaired) electrons. The number of carbonyl (C=O) groups excluding carboxylic acids is 1. The van der Waals surface area contributed by atoms with Crippen molar-refractivity contribution in [3.63, 3.8) is 0 Å². The quantitative estimate of drug-likeness (QED) is 0.0837. The standard InChI is InChI=1S/C48H44N6O6/c1-5-18-41-49-43(47(3,4)57)42(45(55)58-31-40-32(2)59-46(56)60-40)53(41)30-33-27-28-38(34-19-10-6-11-20-34)39(29-33)44-50-52-54(51-44)48(35-21-12-7-13-22-35,36-23-14-8-15-24-36)37-25-16-9-17-26-37/h6-17,19-29,57H,5,18,30-31H2,1-4H3/i3D3,4D3. The van der Waals surface area contributed by atoms with Gasteiger partial charge in [0.1, 0.15) is 17.1 Å². The van der Waals surface area contributed by atoms with Gasteiger partial charge in [-0.15, -0.1) is 15.0 Å². The van der Waals surface area contributed by atoms with Gasteiger partial charge in [-0.25, -0.2) is 14.6 Å². The predicted molar refractivity (Wildman–Crippen MR) is 225 cm³/mol. The Morgan fingerprint density at radius 3 is 1.97 bits per heavy atom. The van der Waals surface area contributed by atoms with Gasteiger partial charge in [-0.2, -0.15) is 0 Å². The summed E-state index contributed by atoms with van der Waals surface area (Å²) in [6.45, 7) is -4.79. The zero-order valence-electron chi connectivity index (χ0n) is 38.8. The second kappa shape index (κ2) is 16.6. The summed E-state index contributed by atoms with van der Waals surface area (Å²) >= 11 is 0. The molecule has 0 amide bonds. The van der Waals surface area contributed by atoms with Gasteiger partial charge < -0.3 is 23.2 Å². The summed E-state index contributed by atoms with van der Waals surface area (Å²) in [5, 5.41) is 26.5. The Balaban J connectivity index is 1.32. The van der Waals surface area contributed by atoms with Crippen molar-refractivity contribution < 1.29 is 31.7 Å². The van der Waals surface area contributed by atoms with Crippen LogP contribution in [0.25, 0.3) is 22.5 Å². The largest absolute Gasteiger partial charge is 0.519 e. The van der Waals surface area contributed by atoms with Crippen LogP contribution in [0.2, 0.25) is 0 Å². The lowest BCUT2D eigenvalue weighted by Crippen LogP contribution is -2.39. The maximum atomic E-state index is 14.3. The Bertz CT molecular complexity index is 2910. The van der Waals surface area contributed by atoms with E-state index in [1.807, 2.05) is 140 Å². The number of imidazole rings is 1. The lowest BCUT2D eigenvalue weighted by atomic mass is 9.77. The highest BCUT2D eigenvalue weighted by Crippen LogP contribution is 2.41. The highest BCUT2D eigenvalue weighted by molar-refractivity contribution is 5.89. The fourth-order valence-electron chi connectivity index (χ4n) is 7.52. The number of aliphatic hydroxyl groups is 1. The molecule has 0 saturated heterocycles. The summed E-state index contributed by atoms with van der Waals surface area (Å²) in [7, 11) is 0. The second-order valence-corrected chi connectivity index (χ2v) is 14.2. The summed E-state index contributed by atoms with van der Waals surface area (Å²) in [4.78, 5) is 32.1. The molecule has 5 aromatic carbocycles. The zero-order valence-corrected chi connectivity index (χ0v) is 32.8. The number of carbonyl (C=O) groups is 1. The van der Waals surface area contributed by atoms with Crippen LogP contribution in [0.4, 0.5) is 0 Å². The lowest BCUT2D eigenvalue weighted by molar-refractivity contribution is 0.0395. The van der Waals surface area contributed by atoms with Gasteiger partial charge in [-0.05, 0) is 71.7 Å². The average molecular weight is 807 g/mol. The molecule has 60 heavy (non-hydrogen) atoms. The fraction of sp³-hybridized carbons (Fsp3) is 0.208. The molecule has 0 aliphatic carbocycles. The number of tetrazole rings is 1. The molecule has 0 aliphatic heterocycles. The molecule has 0 atom stereocenters. The molecule has 0 fully saturated rings. The highest BCUT2D eigenvalue weighted by atomic mass is 16.6. The number of nitrogens with zero attached hydrogens (tertiary/aromatic N) is 6. The van der Waals surface area contributed by atoms with Gasteiger partial charge in [0.05, 0.1) is 0 Å². The molecule has 0 saturated carbocycles. The molecule has 0 unspecified atom stereocenters. The maximum absolute atomic E-state index is 14.3. The minimum absolute atomic E-state index is 0.0276. The molecular weight excluding hydrogens is 757 g/mol. The highest BCUT2D eigenvalue weighted by Gasteiger charge is 2.41. The summed E-state index contributed by atoms with van der Waals surface area (Å²) < 4.78 is 66.4. The van der Waals surface area contributed by atoms with Crippen LogP contribution in [0.1, 0.15) is 91.1 Å². The summed E-state index contributed by atoms with van der Waals surface area (Å²) in [6, 6.07) is 44.7. The van der Waals surface area contributed by atoms with Crippen LogP contribution in [-0.2, 0) is 35.4 Å². The number of rotatable bonds is 14. The van der Waals surface area contributed by atoms with Crippen molar-refractivity contribution in [2.45, 2.75) is 64.7 Å². The van der Waals surface area contributed by atoms with Gasteiger partial charge in [-0.3, -0.25) is 0 Å². The van der Waals surface area contributed by atoms with Crippen molar-refractivity contribution in [1.29, 1.82) is 0 Å². The van der Waals surface area contributed by atoms with Crippen LogP contribution in [0, 0.1) is 6.92 Å². The van der Waals surface area contributed by atoms with E-state index in [1.54, 1.807) is 10.9 Å². The van der Waals surface area contributed by atoms with Crippen LogP contribution in [-0.4, -0.2) is 40.8 Å². The van der Waals surface area contributed by atoms with E-state index in [4.69, 9.17) is 37.2 Å². The SMILES string of the molecule is [2H]C([2H])([2H])C(O)(c1nc(CCC)n(Cc2ccc(-c3ccccc3)c(-c3nnn(C(c4ccccc4)(c4ccccc4)c4ccccc4)n3)c2)c1C(=O)OCc1oc(=O)oc1C)C([2H])([2H])[2H]. The smallest absolute Gasteiger partial charge is 0.453 e. The minimum Gasteiger partial charge on any atom is -0.453 e. The van der Waals surface area contributed by atoms with Crippen LogP contribution in [0.15, 0.2) is 153 Å². The van der Waals surface area contributed by atoms with Gasteiger partial charge in [0.15, 0.2) is 29.4 Å². The normalized spacial score (nSPS) is 13.7. The van der Waals surface area contributed by atoms with Crippen molar-refractivity contribution in [2.75, 3.05) is 0 Å². The molecule has 1 N–H and O–H groups in total. The summed E-state index contributed by atoms with van der Waals surface area (Å²) in [5.74, 6) is -2.02. The Labute approximate surface area is 355 Å². The predicted octanol–water partition coefficient (Wildman–Crippen LogP) is 8.48. The number of hydrogen-bond donors (Lipinski definition) is 1. The van der Waals surface area contributed by atoms with E-state index in [2.05, 4.69) is 4.98 Å². The Hall–Kier alpha value is -7.18. The number of aryl methyl sites for hydroxylation is 2. The van der Waals surface area contributed by atoms with Gasteiger partial charge in [0, 0.05) is 26.8 Å². The first-order chi connectivity index (χ1) is 31.6. The van der Waals surface area contributed by atoms with Crippen LogP contribution >= 0.6 is 0 Å². The molecule has 0 spiro atoms. The molecule has 8 aromatic rings. The first-order valence-corrected chi connectivity index (χ1v) is 19.3. The number of ether oxygens (including phenoxy) is 1. The van der Waals surface area contributed by atoms with E-state index in [0.717, 1.165) is 27.8 Å². The topological polar surface area (TPSA) is 151 Å². The number of hydrogen-bond acceptors (Lipinski definition) is 10. The fourth-order valence-corrected chi connectivity index (χ4v) is 7.52. The summed E-state index contributed by atoms with van der Waals surface area (Å²) in [5.41, 5.74) is -0.966. The lowest BCUT2D eigenvalue weighted by Gasteiger charge is -2.34. The molecule has 12 heteroatoms. The van der Waals surface area contributed by atoms with Crippen LogP contribution in [0.3, 0.4) is 0 Å². The first-order valence-electron chi connectivity index (χ1n) is 22.3. The van der Waals surface area contributed by atoms with Crippen LogP contribution in [0.5, 0.6) is 0 Å². The molecule has 3 aromatic heterocycles. The average Bonchev–Trinajstić information content (AvgIpc) is 4.03. The molecule has 12 nitrogen and oxygen atoms in total. The molecule has 0 aliphatic rings. The van der Waals surface area contributed by atoms with E-state index in [-0.39, 0.29) is 36.1 Å². The second-order valence-electron chi connectivity index (χ2n) is 14.2. The van der Waals surface area contributed by atoms with E-state index in [1.165, 1.54) is 11.5 Å². The Morgan fingerprint density at radius 1 is 0.817 bits per heavy atom. The molecule has 302 valence electrons. The molecular formula is C48H44N6O6. The number of esters is 1. The first kappa shape index (κ1) is 32.7. The third-order valence-corrected chi connectivity index (χ3v) is 10.3. The van der Waals surface area contributed by atoms with E-state index >= 15 is 0 Å². The van der Waals surface area contributed by atoms with Crippen molar-refractivity contribution in [3.05, 3.63) is 201 Å². The Kier molecular flexibility index (Phi) is 9.05. The maximum Gasteiger partial charge on any atom is 0.519 e. The third kappa shape index (κ3) is 7.60. The monoisotopic (exact) mass is 806 g/mol. The molecule has 3 heterocycles. The van der Waals surface area contributed by atoms with Crippen LogP contribution < -0.4 is 5.82 Å². The van der Waals surface area contributed by atoms with Crippen molar-refractivity contribution in [3.8, 4) is 22.5 Å². The summed E-state index contributed by atoms with van der Waals surface area (Å²) in [6.07, 6.45) is 0.570. The number of benzene rings is 5. The van der Waals surface area contributed by atoms with E-state index < -0.39 is 54.6 Å². The minimum atomic E-state index is -3.62. The number of aromatic nitrogens is 6. The third-order valence-electron chi connectivity index (χ3n) is 10.3. The molecule has 0 bridgehead atoms. The van der Waals surface area contributed by atoms with Crippen molar-refractivity contribution in [1.82, 2.24) is 29.8 Å². The van der Waals surface area contributed by atoms with Gasteiger partial charge in [-0.1, -0.05) is 140 Å². The van der Waals surface area contributed by atoms with Gasteiger partial charge in [0.25, 0.3) is 0 Å². The van der Waals surface area contributed by atoms with Gasteiger partial charge >= 0.3 is 11.8 Å². The zero-order chi connectivity index (χ0) is 46.9. The van der Waals surface area contributed by atoms with Gasteiger partial charge in [0.2, 0.25) is 5.82 Å². The molecule has 8 rings (SSSR count). The Morgan fingerprint density at radius 2 is 1.42 bits per heavy atom. The van der Waals surface area contributed by atoms with Crippen molar-refractivity contribution in [2.24, 2.45) is 0 Å². The van der Waals surface area contributed by atoms with Crippen molar-refractivity contribution >= 4 is 5.97 Å². The van der Waals surface area contributed by atoms with E-state index in [0.29, 0.717) is 17.5 Å².